The van der Waals surface area contributed by atoms with E-state index in [0.29, 0.717) is 6.04 Å². The van der Waals surface area contributed by atoms with E-state index in [1.54, 1.807) is 0 Å². The smallest absolute Gasteiger partial charge is 0.0701 e. The summed E-state index contributed by atoms with van der Waals surface area (Å²) >= 11 is 5.42. The van der Waals surface area contributed by atoms with Crippen molar-refractivity contribution in [3.8, 4) is 0 Å². The monoisotopic (exact) mass is 330 g/mol. The molecule has 102 valence electrons. The van der Waals surface area contributed by atoms with Crippen LogP contribution >= 0.6 is 27.3 Å². The predicted molar refractivity (Wildman–Crippen MR) is 83.3 cm³/mol. The molecule has 2 nitrogen and oxygen atoms in total. The Kier molecular flexibility index (Phi) is 5.67. The minimum Gasteiger partial charge on any atom is -0.317 e. The van der Waals surface area contributed by atoms with Gasteiger partial charge in [0.2, 0.25) is 0 Å². The maximum atomic E-state index is 3.55. The molecule has 2 rings (SSSR count). The van der Waals surface area contributed by atoms with E-state index in [0.717, 1.165) is 12.5 Å². The number of likely N-dealkylation sites (tertiary alicyclic amines) is 1. The molecule has 0 amide bonds. The van der Waals surface area contributed by atoms with Gasteiger partial charge in [-0.2, -0.15) is 0 Å². The first-order valence-electron chi connectivity index (χ1n) is 6.90. The van der Waals surface area contributed by atoms with Gasteiger partial charge in [-0.1, -0.05) is 6.92 Å². The number of piperidine rings is 1. The molecule has 4 heteroatoms. The van der Waals surface area contributed by atoms with Crippen LogP contribution in [0.5, 0.6) is 0 Å². The number of nitrogens with zero attached hydrogens (tertiary/aromatic N) is 1. The molecule has 1 aliphatic heterocycles. The Morgan fingerprint density at radius 2 is 2.17 bits per heavy atom. The standard InChI is InChI=1S/C14H23BrN2S/c1-3-16-10-12-6-8-17(9-7-12)11(2)13-4-5-14(15)18-13/h4-5,11-12,16H,3,6-10H2,1-2H3. The number of rotatable bonds is 5. The van der Waals surface area contributed by atoms with Gasteiger partial charge in [-0.15, -0.1) is 11.3 Å². The van der Waals surface area contributed by atoms with Gasteiger partial charge < -0.3 is 5.32 Å². The molecule has 18 heavy (non-hydrogen) atoms. The van der Waals surface area contributed by atoms with Crippen LogP contribution in [0.15, 0.2) is 15.9 Å². The van der Waals surface area contributed by atoms with Crippen molar-refractivity contribution < 1.29 is 0 Å². The highest BCUT2D eigenvalue weighted by Crippen LogP contribution is 2.32. The van der Waals surface area contributed by atoms with Crippen LogP contribution < -0.4 is 5.32 Å². The third kappa shape index (κ3) is 3.80. The maximum Gasteiger partial charge on any atom is 0.0701 e. The molecule has 1 saturated heterocycles. The summed E-state index contributed by atoms with van der Waals surface area (Å²) < 4.78 is 1.24. The zero-order valence-corrected chi connectivity index (χ0v) is 13.7. The topological polar surface area (TPSA) is 15.3 Å². The van der Waals surface area contributed by atoms with Gasteiger partial charge >= 0.3 is 0 Å². The Morgan fingerprint density at radius 1 is 1.44 bits per heavy atom. The van der Waals surface area contributed by atoms with E-state index in [-0.39, 0.29) is 0 Å². The largest absolute Gasteiger partial charge is 0.317 e. The number of halogens is 1. The highest BCUT2D eigenvalue weighted by molar-refractivity contribution is 9.11. The van der Waals surface area contributed by atoms with Gasteiger partial charge in [0.1, 0.15) is 0 Å². The molecule has 0 spiro atoms. The van der Waals surface area contributed by atoms with E-state index in [4.69, 9.17) is 0 Å². The van der Waals surface area contributed by atoms with Crippen molar-refractivity contribution in [3.63, 3.8) is 0 Å². The van der Waals surface area contributed by atoms with Crippen LogP contribution in [0.2, 0.25) is 0 Å². The summed E-state index contributed by atoms with van der Waals surface area (Å²) in [7, 11) is 0. The Balaban J connectivity index is 1.82. The number of thiophene rings is 1. The van der Waals surface area contributed by atoms with Crippen LogP contribution in [0.4, 0.5) is 0 Å². The van der Waals surface area contributed by atoms with Gasteiger partial charge in [-0.3, -0.25) is 4.90 Å². The number of hydrogen-bond donors (Lipinski definition) is 1. The molecule has 0 aromatic carbocycles. The molecule has 0 aliphatic carbocycles. The van der Waals surface area contributed by atoms with Gasteiger partial charge in [0.25, 0.3) is 0 Å². The fourth-order valence-corrected chi connectivity index (χ4v) is 4.14. The van der Waals surface area contributed by atoms with Gasteiger partial charge in [0.05, 0.1) is 3.79 Å². The quantitative estimate of drug-likeness (QED) is 0.880. The normalized spacial score (nSPS) is 20.2. The van der Waals surface area contributed by atoms with Crippen LogP contribution in [-0.2, 0) is 0 Å². The zero-order chi connectivity index (χ0) is 13.0. The molecule has 0 saturated carbocycles. The first kappa shape index (κ1) is 14.5. The van der Waals surface area contributed by atoms with E-state index < -0.39 is 0 Å². The highest BCUT2D eigenvalue weighted by Gasteiger charge is 2.23. The van der Waals surface area contributed by atoms with Gasteiger partial charge in [-0.25, -0.2) is 0 Å². The van der Waals surface area contributed by atoms with Crippen molar-refractivity contribution in [2.24, 2.45) is 5.92 Å². The maximum absolute atomic E-state index is 3.55. The van der Waals surface area contributed by atoms with Crippen molar-refractivity contribution in [1.29, 1.82) is 0 Å². The molecule has 1 fully saturated rings. The first-order valence-corrected chi connectivity index (χ1v) is 8.51. The average molecular weight is 331 g/mol. The summed E-state index contributed by atoms with van der Waals surface area (Å²) in [5.41, 5.74) is 0. The van der Waals surface area contributed by atoms with Gasteiger partial charge in [0, 0.05) is 10.9 Å². The van der Waals surface area contributed by atoms with Crippen molar-refractivity contribution in [3.05, 3.63) is 20.8 Å². The lowest BCUT2D eigenvalue weighted by atomic mass is 9.95. The van der Waals surface area contributed by atoms with E-state index in [1.807, 2.05) is 11.3 Å². The second kappa shape index (κ2) is 7.04. The molecule has 1 aliphatic rings. The minimum absolute atomic E-state index is 0.571. The summed E-state index contributed by atoms with van der Waals surface area (Å²) in [6, 6.07) is 4.99. The summed E-state index contributed by atoms with van der Waals surface area (Å²) in [4.78, 5) is 4.10. The summed E-state index contributed by atoms with van der Waals surface area (Å²) in [6.45, 7) is 9.30. The SMILES string of the molecule is CCNCC1CCN(C(C)c2ccc(Br)s2)CC1. The molecule has 1 aromatic heterocycles. The summed E-state index contributed by atoms with van der Waals surface area (Å²) in [5.74, 6) is 0.878. The fraction of sp³-hybridized carbons (Fsp3) is 0.714. The van der Waals surface area contributed by atoms with Gasteiger partial charge in [-0.05, 0) is 79.9 Å². The van der Waals surface area contributed by atoms with Crippen molar-refractivity contribution in [2.45, 2.75) is 32.7 Å². The number of hydrogen-bond acceptors (Lipinski definition) is 3. The van der Waals surface area contributed by atoms with E-state index in [1.165, 1.54) is 41.1 Å². The molecular weight excluding hydrogens is 308 g/mol. The lowest BCUT2D eigenvalue weighted by molar-refractivity contribution is 0.142. The molecular formula is C14H23BrN2S. The molecule has 1 aromatic rings. The van der Waals surface area contributed by atoms with Crippen LogP contribution in [0.25, 0.3) is 0 Å². The molecule has 1 atom stereocenters. The van der Waals surface area contributed by atoms with Crippen LogP contribution in [0, 0.1) is 5.92 Å². The molecule has 1 N–H and O–H groups in total. The average Bonchev–Trinajstić information content (AvgIpc) is 2.83. The third-order valence-electron chi connectivity index (χ3n) is 3.89. The highest BCUT2D eigenvalue weighted by atomic mass is 79.9. The lowest BCUT2D eigenvalue weighted by Gasteiger charge is -2.35. The Bertz CT molecular complexity index is 358. The summed E-state index contributed by atoms with van der Waals surface area (Å²) in [5, 5.41) is 3.47. The van der Waals surface area contributed by atoms with Gasteiger partial charge in [0.15, 0.2) is 0 Å². The lowest BCUT2D eigenvalue weighted by Crippen LogP contribution is -2.38. The van der Waals surface area contributed by atoms with E-state index in [2.05, 4.69) is 52.1 Å². The molecule has 0 radical (unpaired) electrons. The molecule has 1 unspecified atom stereocenters. The first-order chi connectivity index (χ1) is 8.70. The number of nitrogens with one attached hydrogen (secondary N) is 1. The second-order valence-electron chi connectivity index (χ2n) is 5.10. The van der Waals surface area contributed by atoms with Crippen LogP contribution in [0.1, 0.15) is 37.6 Å². The van der Waals surface area contributed by atoms with Crippen LogP contribution in [-0.4, -0.2) is 31.1 Å². The molecule has 0 bridgehead atoms. The second-order valence-corrected chi connectivity index (χ2v) is 7.60. The van der Waals surface area contributed by atoms with Crippen molar-refractivity contribution >= 4 is 27.3 Å². The van der Waals surface area contributed by atoms with E-state index in [9.17, 15) is 0 Å². The fourth-order valence-electron chi connectivity index (χ4n) is 2.63. The predicted octanol–water partition coefficient (Wildman–Crippen LogP) is 3.89. The Hall–Kier alpha value is 0.1000. The van der Waals surface area contributed by atoms with Crippen molar-refractivity contribution in [1.82, 2.24) is 10.2 Å². The van der Waals surface area contributed by atoms with E-state index >= 15 is 0 Å². The Labute approximate surface area is 123 Å². The van der Waals surface area contributed by atoms with Crippen LogP contribution in [0.3, 0.4) is 0 Å². The zero-order valence-electron chi connectivity index (χ0n) is 11.3. The Morgan fingerprint density at radius 3 is 2.72 bits per heavy atom. The minimum atomic E-state index is 0.571. The molecule has 2 heterocycles. The summed E-state index contributed by atoms with van der Waals surface area (Å²) in [6.07, 6.45) is 2.67. The van der Waals surface area contributed by atoms with Crippen molar-refractivity contribution in [2.75, 3.05) is 26.2 Å². The third-order valence-corrected chi connectivity index (χ3v) is 5.68.